The van der Waals surface area contributed by atoms with Crippen molar-refractivity contribution in [3.05, 3.63) is 59.7 Å². The topological polar surface area (TPSA) is 113 Å². The highest BCUT2D eigenvalue weighted by Gasteiger charge is 2.26. The molecule has 35 heavy (non-hydrogen) atoms. The molecular weight excluding hydrogens is 451 g/mol. The van der Waals surface area contributed by atoms with Gasteiger partial charge in [0.2, 0.25) is 5.82 Å². The van der Waals surface area contributed by atoms with E-state index < -0.39 is 11.7 Å². The van der Waals surface area contributed by atoms with Crippen molar-refractivity contribution in [3.8, 4) is 22.6 Å². The van der Waals surface area contributed by atoms with E-state index >= 15 is 0 Å². The normalized spacial score (nSPS) is 17.6. The summed E-state index contributed by atoms with van der Waals surface area (Å²) < 4.78 is 23.9. The molecule has 1 aromatic carbocycles. The number of pyridine rings is 1. The summed E-state index contributed by atoms with van der Waals surface area (Å²) in [6.07, 6.45) is 6.74. The van der Waals surface area contributed by atoms with Crippen LogP contribution in [0.1, 0.15) is 47.3 Å². The van der Waals surface area contributed by atoms with Crippen LogP contribution in [-0.2, 0) is 4.74 Å². The third-order valence-corrected chi connectivity index (χ3v) is 6.36. The van der Waals surface area contributed by atoms with E-state index in [0.717, 1.165) is 36.0 Å². The molecule has 3 aromatic heterocycles. The molecule has 2 aliphatic rings. The second kappa shape index (κ2) is 8.66. The second-order valence-electron chi connectivity index (χ2n) is 8.91. The third kappa shape index (κ3) is 4.18. The molecule has 1 amide bonds. The van der Waals surface area contributed by atoms with Crippen LogP contribution >= 0.6 is 0 Å². The number of carbonyl (C=O) groups is 1. The van der Waals surface area contributed by atoms with Crippen LogP contribution in [0.15, 0.2) is 42.7 Å². The van der Waals surface area contributed by atoms with Crippen molar-refractivity contribution in [2.45, 2.75) is 38.3 Å². The maximum absolute atomic E-state index is 14.8. The first-order valence-electron chi connectivity index (χ1n) is 11.6. The number of nitrogens with zero attached hydrogens (tertiary/aromatic N) is 7. The second-order valence-corrected chi connectivity index (χ2v) is 8.91. The van der Waals surface area contributed by atoms with Crippen molar-refractivity contribution in [2.75, 3.05) is 18.5 Å². The predicted molar refractivity (Wildman–Crippen MR) is 124 cm³/mol. The number of benzene rings is 1. The van der Waals surface area contributed by atoms with E-state index in [1.54, 1.807) is 35.1 Å². The summed E-state index contributed by atoms with van der Waals surface area (Å²) in [6.45, 7) is 3.00. The SMILES string of the molecule is Cc1cc(F)c(C(=O)Nc2cccc(-c3nnnn3[C@H]3CCOC3)n2)cc1-c1cnn(C2CC2)c1. The van der Waals surface area contributed by atoms with Gasteiger partial charge in [0.25, 0.3) is 5.91 Å². The van der Waals surface area contributed by atoms with Gasteiger partial charge in [0.15, 0.2) is 0 Å². The molecule has 4 heterocycles. The number of hydrogen-bond acceptors (Lipinski definition) is 7. The fourth-order valence-corrected chi connectivity index (χ4v) is 4.31. The number of nitrogens with one attached hydrogen (secondary N) is 1. The van der Waals surface area contributed by atoms with E-state index in [4.69, 9.17) is 4.74 Å². The minimum atomic E-state index is -0.598. The zero-order chi connectivity index (χ0) is 23.9. The Hall–Kier alpha value is -3.99. The average Bonchev–Trinajstić information content (AvgIpc) is 3.25. The number of anilines is 1. The fourth-order valence-electron chi connectivity index (χ4n) is 4.31. The van der Waals surface area contributed by atoms with E-state index in [1.165, 1.54) is 6.07 Å². The molecule has 0 spiro atoms. The molecule has 178 valence electrons. The Morgan fingerprint density at radius 2 is 2.09 bits per heavy atom. The largest absolute Gasteiger partial charge is 0.379 e. The number of aromatic nitrogens is 7. The molecule has 4 aromatic rings. The van der Waals surface area contributed by atoms with Crippen LogP contribution in [0.5, 0.6) is 0 Å². The molecule has 11 heteroatoms. The number of amides is 1. The molecule has 1 saturated carbocycles. The summed E-state index contributed by atoms with van der Waals surface area (Å²) in [6, 6.07) is 8.55. The average molecular weight is 475 g/mol. The maximum Gasteiger partial charge on any atom is 0.259 e. The van der Waals surface area contributed by atoms with Crippen molar-refractivity contribution in [1.82, 2.24) is 35.0 Å². The van der Waals surface area contributed by atoms with E-state index in [0.29, 0.717) is 30.8 Å². The Balaban J connectivity index is 1.26. The van der Waals surface area contributed by atoms with Gasteiger partial charge < -0.3 is 10.1 Å². The zero-order valence-electron chi connectivity index (χ0n) is 19.1. The molecule has 0 bridgehead atoms. The number of halogens is 1. The summed E-state index contributed by atoms with van der Waals surface area (Å²) in [7, 11) is 0. The van der Waals surface area contributed by atoms with Crippen LogP contribution in [0, 0.1) is 12.7 Å². The Bertz CT molecular complexity index is 1400. The van der Waals surface area contributed by atoms with Crippen LogP contribution in [0.2, 0.25) is 0 Å². The highest BCUT2D eigenvalue weighted by Crippen LogP contribution is 2.36. The Morgan fingerprint density at radius 1 is 1.20 bits per heavy atom. The lowest BCUT2D eigenvalue weighted by molar-refractivity contribution is 0.102. The minimum Gasteiger partial charge on any atom is -0.379 e. The number of carbonyl (C=O) groups excluding carboxylic acids is 1. The summed E-state index contributed by atoms with van der Waals surface area (Å²) in [5, 5.41) is 19.1. The lowest BCUT2D eigenvalue weighted by Gasteiger charge is -2.12. The molecule has 1 saturated heterocycles. The van der Waals surface area contributed by atoms with Crippen LogP contribution in [-0.4, -0.2) is 54.1 Å². The molecule has 1 atom stereocenters. The van der Waals surface area contributed by atoms with Crippen LogP contribution in [0.4, 0.5) is 10.2 Å². The van der Waals surface area contributed by atoms with Crippen LogP contribution < -0.4 is 5.32 Å². The molecule has 0 radical (unpaired) electrons. The smallest absolute Gasteiger partial charge is 0.259 e. The highest BCUT2D eigenvalue weighted by atomic mass is 19.1. The van der Waals surface area contributed by atoms with Gasteiger partial charge >= 0.3 is 0 Å². The Labute approximate surface area is 200 Å². The predicted octanol–water partition coefficient (Wildman–Crippen LogP) is 3.59. The van der Waals surface area contributed by atoms with Crippen molar-refractivity contribution < 1.29 is 13.9 Å². The third-order valence-electron chi connectivity index (χ3n) is 6.36. The molecule has 1 aliphatic heterocycles. The molecule has 1 N–H and O–H groups in total. The van der Waals surface area contributed by atoms with Gasteiger partial charge in [-0.1, -0.05) is 6.07 Å². The summed E-state index contributed by atoms with van der Waals surface area (Å²) >= 11 is 0. The van der Waals surface area contributed by atoms with Gasteiger partial charge in [0, 0.05) is 18.4 Å². The van der Waals surface area contributed by atoms with Gasteiger partial charge in [-0.3, -0.25) is 9.48 Å². The van der Waals surface area contributed by atoms with Gasteiger partial charge in [0.1, 0.15) is 17.3 Å². The summed E-state index contributed by atoms with van der Waals surface area (Å²) in [4.78, 5) is 17.6. The van der Waals surface area contributed by atoms with Crippen molar-refractivity contribution in [1.29, 1.82) is 0 Å². The van der Waals surface area contributed by atoms with Gasteiger partial charge in [0.05, 0.1) is 30.5 Å². The van der Waals surface area contributed by atoms with E-state index in [-0.39, 0.29) is 17.4 Å². The fraction of sp³-hybridized carbons (Fsp3) is 0.333. The van der Waals surface area contributed by atoms with Crippen molar-refractivity contribution >= 4 is 11.7 Å². The first-order chi connectivity index (χ1) is 17.1. The van der Waals surface area contributed by atoms with Gasteiger partial charge in [-0.25, -0.2) is 14.1 Å². The number of rotatable bonds is 6. The summed E-state index contributed by atoms with van der Waals surface area (Å²) in [5.41, 5.74) is 2.79. The lowest BCUT2D eigenvalue weighted by atomic mass is 9.99. The van der Waals surface area contributed by atoms with Crippen LogP contribution in [0.3, 0.4) is 0 Å². The van der Waals surface area contributed by atoms with Gasteiger partial charge in [-0.05, 0) is 72.0 Å². The molecule has 1 aliphatic carbocycles. The Morgan fingerprint density at radius 3 is 2.89 bits per heavy atom. The number of ether oxygens (including phenoxy) is 1. The maximum atomic E-state index is 14.8. The zero-order valence-corrected chi connectivity index (χ0v) is 19.1. The molecular formula is C24H23FN8O2. The number of hydrogen-bond donors (Lipinski definition) is 1. The van der Waals surface area contributed by atoms with Crippen molar-refractivity contribution in [2.24, 2.45) is 0 Å². The Kier molecular flexibility index (Phi) is 5.33. The van der Waals surface area contributed by atoms with Crippen molar-refractivity contribution in [3.63, 3.8) is 0 Å². The van der Waals surface area contributed by atoms with E-state index in [9.17, 15) is 9.18 Å². The quantitative estimate of drug-likeness (QED) is 0.454. The van der Waals surface area contributed by atoms with Gasteiger partial charge in [-0.2, -0.15) is 5.10 Å². The molecule has 6 rings (SSSR count). The van der Waals surface area contributed by atoms with E-state index in [1.807, 2.05) is 17.8 Å². The minimum absolute atomic E-state index is 0.0318. The number of tetrazole rings is 1. The first-order valence-corrected chi connectivity index (χ1v) is 11.6. The monoisotopic (exact) mass is 474 g/mol. The molecule has 10 nitrogen and oxygen atoms in total. The highest BCUT2D eigenvalue weighted by molar-refractivity contribution is 6.05. The number of aryl methyl sites for hydroxylation is 1. The standard InChI is InChI=1S/C24H23FN8O2/c1-14-9-20(25)19(10-18(14)15-11-26-32(12-15)16-5-6-16)24(34)28-22-4-2-3-21(27-22)23-29-30-31-33(23)17-7-8-35-13-17/h2-4,9-12,16-17H,5-8,13H2,1H3,(H,27,28,34)/t17-/m0/s1. The summed E-state index contributed by atoms with van der Waals surface area (Å²) in [5.74, 6) is -0.438. The first kappa shape index (κ1) is 21.5. The molecule has 0 unspecified atom stereocenters. The van der Waals surface area contributed by atoms with Gasteiger partial charge in [-0.15, -0.1) is 5.10 Å². The van der Waals surface area contributed by atoms with E-state index in [2.05, 4.69) is 30.9 Å². The molecule has 2 fully saturated rings. The van der Waals surface area contributed by atoms with Crippen LogP contribution in [0.25, 0.3) is 22.6 Å². The lowest BCUT2D eigenvalue weighted by Crippen LogP contribution is -2.16.